The molecule has 1 aliphatic carbocycles. The fourth-order valence-corrected chi connectivity index (χ4v) is 2.50. The van der Waals surface area contributed by atoms with Crippen molar-refractivity contribution in [2.24, 2.45) is 17.3 Å². The maximum absolute atomic E-state index is 5.73. The molecule has 0 unspecified atom stereocenters. The fraction of sp³-hybridized carbons (Fsp3) is 1.00. The average molecular weight is 198 g/mol. The molecule has 0 N–H and O–H groups in total. The van der Waals surface area contributed by atoms with Crippen molar-refractivity contribution >= 4 is 0 Å². The quantitative estimate of drug-likeness (QED) is 0.645. The maximum Gasteiger partial charge on any atom is 0.162 e. The first-order valence-electron chi connectivity index (χ1n) is 5.70. The lowest BCUT2D eigenvalue weighted by atomic mass is 9.59. The zero-order chi connectivity index (χ0) is 10.4. The minimum atomic E-state index is -0.353. The first-order chi connectivity index (χ1) is 6.43. The number of hydrogen-bond acceptors (Lipinski definition) is 2. The highest BCUT2D eigenvalue weighted by atomic mass is 16.7. The summed E-state index contributed by atoms with van der Waals surface area (Å²) >= 11 is 0. The van der Waals surface area contributed by atoms with Crippen LogP contribution in [0.3, 0.4) is 0 Å². The van der Waals surface area contributed by atoms with Gasteiger partial charge in [0.1, 0.15) is 0 Å². The van der Waals surface area contributed by atoms with E-state index in [4.69, 9.17) is 9.47 Å². The second kappa shape index (κ2) is 3.21. The molecule has 1 saturated carbocycles. The first-order valence-corrected chi connectivity index (χ1v) is 5.70. The molecule has 2 fully saturated rings. The molecule has 0 aromatic rings. The Morgan fingerprint density at radius 2 is 1.57 bits per heavy atom. The highest BCUT2D eigenvalue weighted by Crippen LogP contribution is 2.51. The topological polar surface area (TPSA) is 18.5 Å². The van der Waals surface area contributed by atoms with Crippen LogP contribution in [-0.4, -0.2) is 19.0 Å². The van der Waals surface area contributed by atoms with Gasteiger partial charge in [-0.1, -0.05) is 13.8 Å². The summed E-state index contributed by atoms with van der Waals surface area (Å²) < 4.78 is 11.5. The predicted molar refractivity (Wildman–Crippen MR) is 56.0 cm³/mol. The number of hydrogen-bond donors (Lipinski definition) is 0. The standard InChI is InChI=1S/C12H22O2/c1-9(2)10-5-12(6-10)7-13-11(3,4)14-8-12/h9-10H,5-8H2,1-4H3. The van der Waals surface area contributed by atoms with Crippen LogP contribution in [0.15, 0.2) is 0 Å². The molecule has 0 amide bonds. The number of rotatable bonds is 1. The van der Waals surface area contributed by atoms with Gasteiger partial charge in [0.15, 0.2) is 5.79 Å². The second-order valence-electron chi connectivity index (χ2n) is 5.89. The van der Waals surface area contributed by atoms with Crippen LogP contribution in [-0.2, 0) is 9.47 Å². The summed E-state index contributed by atoms with van der Waals surface area (Å²) in [5.74, 6) is 1.35. The SMILES string of the molecule is CC(C)C1CC2(COC(C)(C)OC2)C1. The smallest absolute Gasteiger partial charge is 0.162 e. The van der Waals surface area contributed by atoms with Gasteiger partial charge in [-0.15, -0.1) is 0 Å². The Bertz CT molecular complexity index is 195. The molecule has 0 bridgehead atoms. The third kappa shape index (κ3) is 1.82. The summed E-state index contributed by atoms with van der Waals surface area (Å²) in [5.41, 5.74) is 0.366. The minimum absolute atomic E-state index is 0.353. The van der Waals surface area contributed by atoms with Gasteiger partial charge < -0.3 is 9.47 Å². The molecule has 1 spiro atoms. The molecule has 2 nitrogen and oxygen atoms in total. The van der Waals surface area contributed by atoms with E-state index in [1.54, 1.807) is 0 Å². The third-order valence-electron chi connectivity index (χ3n) is 3.79. The van der Waals surface area contributed by atoms with Crippen LogP contribution in [0, 0.1) is 17.3 Å². The van der Waals surface area contributed by atoms with Crippen molar-refractivity contribution in [3.8, 4) is 0 Å². The lowest BCUT2D eigenvalue weighted by Crippen LogP contribution is -2.53. The van der Waals surface area contributed by atoms with E-state index in [1.807, 2.05) is 13.8 Å². The van der Waals surface area contributed by atoms with Crippen LogP contribution in [0.1, 0.15) is 40.5 Å². The Kier molecular flexibility index (Phi) is 2.39. The van der Waals surface area contributed by atoms with Crippen molar-refractivity contribution < 1.29 is 9.47 Å². The Morgan fingerprint density at radius 3 is 2.00 bits per heavy atom. The van der Waals surface area contributed by atoms with E-state index in [0.29, 0.717) is 5.41 Å². The van der Waals surface area contributed by atoms with Crippen molar-refractivity contribution in [2.45, 2.75) is 46.3 Å². The Morgan fingerprint density at radius 1 is 1.07 bits per heavy atom. The van der Waals surface area contributed by atoms with E-state index in [1.165, 1.54) is 12.8 Å². The van der Waals surface area contributed by atoms with Gasteiger partial charge in [0, 0.05) is 5.41 Å². The van der Waals surface area contributed by atoms with Crippen LogP contribution in [0.25, 0.3) is 0 Å². The summed E-state index contributed by atoms with van der Waals surface area (Å²) in [6, 6.07) is 0. The maximum atomic E-state index is 5.73. The summed E-state index contributed by atoms with van der Waals surface area (Å²) in [7, 11) is 0. The van der Waals surface area contributed by atoms with Crippen molar-refractivity contribution in [1.29, 1.82) is 0 Å². The van der Waals surface area contributed by atoms with Crippen molar-refractivity contribution in [3.05, 3.63) is 0 Å². The Balaban J connectivity index is 1.86. The highest BCUT2D eigenvalue weighted by molar-refractivity contribution is 4.96. The van der Waals surface area contributed by atoms with Crippen LogP contribution in [0.4, 0.5) is 0 Å². The van der Waals surface area contributed by atoms with Crippen molar-refractivity contribution in [2.75, 3.05) is 13.2 Å². The largest absolute Gasteiger partial charge is 0.350 e. The second-order valence-corrected chi connectivity index (χ2v) is 5.89. The fourth-order valence-electron chi connectivity index (χ4n) is 2.50. The van der Waals surface area contributed by atoms with Crippen LogP contribution < -0.4 is 0 Å². The molecule has 2 heteroatoms. The molecular formula is C12H22O2. The summed E-state index contributed by atoms with van der Waals surface area (Å²) in [4.78, 5) is 0. The predicted octanol–water partition coefficient (Wildman–Crippen LogP) is 2.82. The molecule has 0 aromatic carbocycles. The van der Waals surface area contributed by atoms with Gasteiger partial charge in [-0.3, -0.25) is 0 Å². The normalized spacial score (nSPS) is 30.6. The Labute approximate surface area is 87.0 Å². The third-order valence-corrected chi connectivity index (χ3v) is 3.79. The van der Waals surface area contributed by atoms with Gasteiger partial charge in [0.2, 0.25) is 0 Å². The molecule has 0 atom stereocenters. The van der Waals surface area contributed by atoms with Gasteiger partial charge in [0.25, 0.3) is 0 Å². The molecule has 1 saturated heterocycles. The monoisotopic (exact) mass is 198 g/mol. The zero-order valence-electron chi connectivity index (χ0n) is 9.80. The first kappa shape index (κ1) is 10.4. The summed E-state index contributed by atoms with van der Waals surface area (Å²) in [5, 5.41) is 0. The van der Waals surface area contributed by atoms with E-state index in [0.717, 1.165) is 25.0 Å². The molecule has 82 valence electrons. The molecule has 0 radical (unpaired) electrons. The van der Waals surface area contributed by atoms with E-state index >= 15 is 0 Å². The van der Waals surface area contributed by atoms with E-state index in [9.17, 15) is 0 Å². The molecule has 0 aromatic heterocycles. The number of ether oxygens (including phenoxy) is 2. The van der Waals surface area contributed by atoms with Gasteiger partial charge in [-0.2, -0.15) is 0 Å². The van der Waals surface area contributed by atoms with Gasteiger partial charge in [0.05, 0.1) is 13.2 Å². The minimum Gasteiger partial charge on any atom is -0.350 e. The van der Waals surface area contributed by atoms with Crippen molar-refractivity contribution in [1.82, 2.24) is 0 Å². The summed E-state index contributed by atoms with van der Waals surface area (Å²) in [6.45, 7) is 10.4. The van der Waals surface area contributed by atoms with Gasteiger partial charge in [-0.05, 0) is 38.5 Å². The molecule has 2 rings (SSSR count). The van der Waals surface area contributed by atoms with Gasteiger partial charge in [-0.25, -0.2) is 0 Å². The molecule has 2 aliphatic rings. The lowest BCUT2D eigenvalue weighted by Gasteiger charge is -2.53. The molecule has 1 heterocycles. The lowest BCUT2D eigenvalue weighted by molar-refractivity contribution is -0.305. The van der Waals surface area contributed by atoms with Crippen LogP contribution in [0.5, 0.6) is 0 Å². The van der Waals surface area contributed by atoms with Crippen molar-refractivity contribution in [3.63, 3.8) is 0 Å². The Hall–Kier alpha value is -0.0800. The molecular weight excluding hydrogens is 176 g/mol. The molecule has 1 aliphatic heterocycles. The van der Waals surface area contributed by atoms with Crippen LogP contribution in [0.2, 0.25) is 0 Å². The zero-order valence-corrected chi connectivity index (χ0v) is 9.80. The van der Waals surface area contributed by atoms with Crippen LogP contribution >= 0.6 is 0 Å². The van der Waals surface area contributed by atoms with E-state index < -0.39 is 0 Å². The highest BCUT2D eigenvalue weighted by Gasteiger charge is 2.49. The van der Waals surface area contributed by atoms with E-state index in [-0.39, 0.29) is 5.79 Å². The van der Waals surface area contributed by atoms with E-state index in [2.05, 4.69) is 13.8 Å². The average Bonchev–Trinajstić information content (AvgIpc) is 2.00. The van der Waals surface area contributed by atoms with Gasteiger partial charge >= 0.3 is 0 Å². The summed E-state index contributed by atoms with van der Waals surface area (Å²) in [6.07, 6.45) is 2.58. The molecule has 14 heavy (non-hydrogen) atoms.